The lowest BCUT2D eigenvalue weighted by Gasteiger charge is -2.03. The number of carbonyl (C=O) groups is 1. The zero-order valence-corrected chi connectivity index (χ0v) is 6.27. The number of nitrogens with zero attached hydrogens (tertiary/aromatic N) is 1. The van der Waals surface area contributed by atoms with E-state index in [1.807, 2.05) is 0 Å². The van der Waals surface area contributed by atoms with E-state index in [2.05, 4.69) is 4.99 Å². The van der Waals surface area contributed by atoms with Crippen LogP contribution in [0.4, 0.5) is 0 Å². The van der Waals surface area contributed by atoms with Crippen molar-refractivity contribution in [2.45, 2.75) is 18.8 Å². The molecule has 12 heavy (non-hydrogen) atoms. The Bertz CT molecular complexity index is 294. The summed E-state index contributed by atoms with van der Waals surface area (Å²) in [5, 5.41) is 8.54. The number of hydrogen-bond acceptors (Lipinski definition) is 3. The average molecular weight is 185 g/mol. The first-order chi connectivity index (χ1) is 7.10. The molecule has 0 amide bonds. The first-order valence-corrected chi connectivity index (χ1v) is 3.02. The molecule has 0 fully saturated rings. The Morgan fingerprint density at radius 1 is 1.67 bits per heavy atom. The Morgan fingerprint density at radius 3 is 2.67 bits per heavy atom. The van der Waals surface area contributed by atoms with Crippen LogP contribution in [-0.2, 0) is 4.79 Å². The maximum Gasteiger partial charge on any atom is 0.320 e. The zero-order valence-electron chi connectivity index (χ0n) is 10.3. The van der Waals surface area contributed by atoms with Gasteiger partial charge in [-0.2, -0.15) is 0 Å². The lowest BCUT2D eigenvalue weighted by atomic mass is 11.1. The molecule has 0 spiro atoms. The summed E-state index contributed by atoms with van der Waals surface area (Å²) in [5.41, 5.74) is 15.0. The van der Waals surface area contributed by atoms with Crippen LogP contribution in [0.2, 0.25) is 0 Å². The summed E-state index contributed by atoms with van der Waals surface area (Å²) in [6.45, 7) is -1.63. The van der Waals surface area contributed by atoms with Crippen molar-refractivity contribution in [1.29, 1.82) is 0 Å². The van der Waals surface area contributed by atoms with Crippen LogP contribution in [0.25, 0.3) is 0 Å². The lowest BCUT2D eigenvalue weighted by molar-refractivity contribution is -0.138. The molecular weight excluding hydrogens is 167 g/mol. The fraction of sp³-hybridized carbons (Fsp3) is 0.667. The van der Waals surface area contributed by atoms with Crippen molar-refractivity contribution in [3.8, 4) is 0 Å². The van der Waals surface area contributed by atoms with Crippen molar-refractivity contribution in [2.75, 3.05) is 6.52 Å². The van der Waals surface area contributed by atoms with E-state index in [9.17, 15) is 4.79 Å². The van der Waals surface area contributed by atoms with Gasteiger partial charge in [0.15, 0.2) is 5.96 Å². The molecule has 0 saturated carbocycles. The second kappa shape index (κ2) is 5.36. The number of rotatable bonds is 5. The van der Waals surface area contributed by atoms with Gasteiger partial charge in [0, 0.05) is 10.6 Å². The monoisotopic (exact) mass is 185 g/mol. The minimum absolute atomic E-state index is 0.475. The van der Waals surface area contributed by atoms with Crippen LogP contribution < -0.4 is 17.2 Å². The molecule has 0 rings (SSSR count). The van der Waals surface area contributed by atoms with E-state index in [-0.39, 0.29) is 0 Å². The third kappa shape index (κ3) is 5.48. The zero-order chi connectivity index (χ0) is 13.1. The molecular formula is C6H14N4O2. The van der Waals surface area contributed by atoms with Gasteiger partial charge in [0.25, 0.3) is 0 Å². The van der Waals surface area contributed by atoms with Crippen molar-refractivity contribution in [1.82, 2.24) is 0 Å². The molecule has 0 aromatic heterocycles. The fourth-order valence-electron chi connectivity index (χ4n) is 0.341. The number of carboxylic acid groups (broad SMARTS) is 1. The van der Waals surface area contributed by atoms with Crippen LogP contribution in [0.1, 0.15) is 18.3 Å². The molecule has 0 aromatic rings. The number of aliphatic carboxylic acids is 1. The van der Waals surface area contributed by atoms with E-state index in [1.165, 1.54) is 0 Å². The molecule has 0 bridgehead atoms. The van der Waals surface area contributed by atoms with Gasteiger partial charge in [-0.05, 0) is 12.8 Å². The number of guanidine groups is 1. The average Bonchev–Trinajstić information content (AvgIpc) is 2.13. The number of hydrogen-bond donors (Lipinski definition) is 4. The summed E-state index contributed by atoms with van der Waals surface area (Å²) in [6, 6.07) is -1.92. The van der Waals surface area contributed by atoms with Crippen molar-refractivity contribution in [3.63, 3.8) is 0 Å². The Morgan fingerprint density at radius 2 is 2.25 bits per heavy atom. The minimum atomic E-state index is -2.61. The topological polar surface area (TPSA) is 128 Å². The smallest absolute Gasteiger partial charge is 0.320 e. The summed E-state index contributed by atoms with van der Waals surface area (Å²) in [7, 11) is 0. The summed E-state index contributed by atoms with van der Waals surface area (Å²) in [5.74, 6) is -2.07. The standard InChI is InChI=1S/C6H14N4O2/c7-4(5(11)12)2-1-3-10-6(8)9/h4H,1-3,7H2,(H,11,12)(H4,8,9,10)/t4-/m0/s1/i1+1D,2+1D2,3+1D,4+1,5+1,7+1,10+1/t1-,3+,4-. The maximum atomic E-state index is 10.5. The van der Waals surface area contributed by atoms with Gasteiger partial charge in [-0.25, -0.2) is 0 Å². The van der Waals surface area contributed by atoms with Crippen molar-refractivity contribution >= 4 is 11.9 Å². The van der Waals surface area contributed by atoms with Crippen molar-refractivity contribution < 1.29 is 15.4 Å². The molecule has 6 nitrogen and oxygen atoms in total. The Kier molecular flexibility index (Phi) is 2.40. The molecule has 0 aliphatic heterocycles. The molecule has 70 valence electrons. The van der Waals surface area contributed by atoms with E-state index >= 15 is 0 Å². The second-order valence-corrected chi connectivity index (χ2v) is 1.85. The molecule has 0 heterocycles. The van der Waals surface area contributed by atoms with Gasteiger partial charge in [-0.3, -0.25) is 9.79 Å². The van der Waals surface area contributed by atoms with Crippen LogP contribution in [0, 0.1) is 0 Å². The molecule has 7 N–H and O–H groups in total. The van der Waals surface area contributed by atoms with Gasteiger partial charge >= 0.3 is 5.97 Å². The van der Waals surface area contributed by atoms with Gasteiger partial charge < -0.3 is 22.3 Å². The second-order valence-electron chi connectivity index (χ2n) is 1.85. The summed E-state index contributed by atoms with van der Waals surface area (Å²) < 4.78 is 29.3. The highest BCUT2D eigenvalue weighted by Gasteiger charge is 2.09. The first kappa shape index (κ1) is 5.36. The van der Waals surface area contributed by atoms with Crippen molar-refractivity contribution in [3.05, 3.63) is 0 Å². The molecule has 6 heteroatoms. The maximum absolute atomic E-state index is 10.5. The van der Waals surface area contributed by atoms with E-state index < -0.39 is 37.3 Å². The highest BCUT2D eigenvalue weighted by molar-refractivity contribution is 5.75. The lowest BCUT2D eigenvalue weighted by Crippen LogP contribution is -2.30. The molecule has 0 aliphatic carbocycles. The van der Waals surface area contributed by atoms with Crippen LogP contribution in [0.3, 0.4) is 0 Å². The summed E-state index contributed by atoms with van der Waals surface area (Å²) in [6.07, 6.45) is -4.42. The Labute approximate surface area is 76.1 Å². The number of nitrogens with two attached hydrogens (primary N) is 3. The van der Waals surface area contributed by atoms with Gasteiger partial charge in [-0.15, -0.1) is 0 Å². The predicted octanol–water partition coefficient (Wildman–Crippen LogP) is -1.55. The molecule has 0 radical (unpaired) electrons. The molecule has 3 atom stereocenters. The van der Waals surface area contributed by atoms with E-state index in [4.69, 9.17) is 27.8 Å². The molecule has 0 aromatic carbocycles. The van der Waals surface area contributed by atoms with Crippen molar-refractivity contribution in [2.24, 2.45) is 22.2 Å². The van der Waals surface area contributed by atoms with E-state index in [0.29, 0.717) is 0 Å². The quantitative estimate of drug-likeness (QED) is 0.178. The minimum Gasteiger partial charge on any atom is -0.480 e. The molecule has 0 unspecified atom stereocenters. The Balaban J connectivity index is 4.88. The van der Waals surface area contributed by atoms with Crippen LogP contribution >= 0.6 is 0 Å². The van der Waals surface area contributed by atoms with Gasteiger partial charge in [-0.1, -0.05) is 0 Å². The molecule has 0 aliphatic rings. The van der Waals surface area contributed by atoms with Crippen LogP contribution in [0.15, 0.2) is 4.99 Å². The third-order valence-electron chi connectivity index (χ3n) is 0.840. The highest BCUT2D eigenvalue weighted by Crippen LogP contribution is 1.94. The highest BCUT2D eigenvalue weighted by atomic mass is 16.5. The SMILES string of the molecule is [2H][13C@H]([13C@@H]([2H])[15N]=C(N)N)[13C]([2H])([2H])[13C@H]([15NH2])[13C](=O)O. The van der Waals surface area contributed by atoms with Gasteiger partial charge in [0.1, 0.15) is 6.04 Å². The summed E-state index contributed by atoms with van der Waals surface area (Å²) in [4.78, 5) is 13.7. The van der Waals surface area contributed by atoms with E-state index in [1.54, 1.807) is 0 Å². The largest absolute Gasteiger partial charge is 0.480 e. The summed E-state index contributed by atoms with van der Waals surface area (Å²) >= 11 is 0. The molecule has 0 saturated heterocycles. The Hall–Kier alpha value is -1.30. The van der Waals surface area contributed by atoms with Crippen LogP contribution in [-0.4, -0.2) is 29.6 Å². The van der Waals surface area contributed by atoms with Crippen LogP contribution in [0.5, 0.6) is 0 Å². The number of carboxylic acids is 1. The fourth-order valence-corrected chi connectivity index (χ4v) is 0.341. The van der Waals surface area contributed by atoms with Gasteiger partial charge in [0.2, 0.25) is 0 Å². The number of aliphatic imine (C=N–C) groups is 1. The normalized spacial score (nSPS) is 23.4. The van der Waals surface area contributed by atoms with E-state index in [0.717, 1.165) is 0 Å². The van der Waals surface area contributed by atoms with Gasteiger partial charge in [0.05, 0.1) is 1.37 Å². The first-order valence-electron chi connectivity index (χ1n) is 5.17. The third-order valence-corrected chi connectivity index (χ3v) is 0.840. The predicted molar refractivity (Wildman–Crippen MR) is 45.5 cm³/mol.